The topological polar surface area (TPSA) is 189 Å². The number of piperidine rings is 2. The Morgan fingerprint density at radius 1 is 0.884 bits per heavy atom. The molecule has 2 fully saturated rings. The van der Waals surface area contributed by atoms with Crippen LogP contribution in [0.25, 0.3) is 0 Å². The van der Waals surface area contributed by atoms with Crippen molar-refractivity contribution < 1.29 is 38.2 Å². The second kappa shape index (κ2) is 19.5. The molecule has 0 aromatic heterocycles. The first-order valence-electron chi connectivity index (χ1n) is 14.8. The van der Waals surface area contributed by atoms with Gasteiger partial charge in [-0.3, -0.25) is 14.6 Å². The summed E-state index contributed by atoms with van der Waals surface area (Å²) in [4.78, 5) is 16.3. The molecule has 2 aromatic carbocycles. The molecule has 2 aromatic rings. The van der Waals surface area contributed by atoms with Gasteiger partial charge < -0.3 is 25.0 Å². The van der Waals surface area contributed by atoms with E-state index >= 15 is 0 Å². The van der Waals surface area contributed by atoms with Gasteiger partial charge in [0.2, 0.25) is 0 Å². The number of hydrogen-bond acceptors (Lipinski definition) is 11. The van der Waals surface area contributed by atoms with E-state index in [-0.39, 0.29) is 11.3 Å². The van der Waals surface area contributed by atoms with Crippen LogP contribution in [0, 0.1) is 5.92 Å². The van der Waals surface area contributed by atoms with Crippen molar-refractivity contribution in [1.82, 2.24) is 9.80 Å². The number of hydrogen-bond donors (Lipinski definition) is 5. The number of nitrogens with two attached hydrogens (primary N) is 2. The Morgan fingerprint density at radius 3 is 2.05 bits per heavy atom. The summed E-state index contributed by atoms with van der Waals surface area (Å²) in [6, 6.07) is 14.3. The lowest BCUT2D eigenvalue weighted by atomic mass is 9.96. The summed E-state index contributed by atoms with van der Waals surface area (Å²) in [7, 11) is -3.79. The molecule has 242 valence electrons. The van der Waals surface area contributed by atoms with Crippen LogP contribution in [-0.2, 0) is 21.2 Å². The summed E-state index contributed by atoms with van der Waals surface area (Å²) in [5.41, 5.74) is 0.965. The number of sulfone groups is 1. The van der Waals surface area contributed by atoms with E-state index in [4.69, 9.17) is 19.9 Å². The Kier molecular flexibility index (Phi) is 16.5. The third-order valence-corrected chi connectivity index (χ3v) is 9.85. The number of likely N-dealkylation sites (tertiary alicyclic amines) is 2. The third kappa shape index (κ3) is 11.3. The maximum absolute atomic E-state index is 13.7. The second-order valence-corrected chi connectivity index (χ2v) is 12.7. The van der Waals surface area contributed by atoms with Gasteiger partial charge in [-0.1, -0.05) is 31.9 Å². The smallest absolute Gasteiger partial charge is 0.306 e. The molecule has 0 amide bonds. The first-order chi connectivity index (χ1) is 20.9. The van der Waals surface area contributed by atoms with E-state index in [0.717, 1.165) is 43.8 Å². The largest absolute Gasteiger partial charge is 0.494 e. The fourth-order valence-corrected chi connectivity index (χ4v) is 7.21. The van der Waals surface area contributed by atoms with Gasteiger partial charge in [0.1, 0.15) is 23.5 Å². The summed E-state index contributed by atoms with van der Waals surface area (Å²) in [5, 5.41) is 21.7. The van der Waals surface area contributed by atoms with Crippen LogP contribution < -0.4 is 21.3 Å². The molecule has 2 heterocycles. The van der Waals surface area contributed by atoms with Crippen molar-refractivity contribution in [3.63, 3.8) is 0 Å². The number of nitrogens with zero attached hydrogens (tertiary/aromatic N) is 2. The maximum Gasteiger partial charge on any atom is 0.306 e. The zero-order chi connectivity index (χ0) is 31.7. The Hall–Kier alpha value is -2.78. The number of carbonyl (C=O) groups is 1. The molecule has 0 spiro atoms. The molecule has 0 saturated carbocycles. The van der Waals surface area contributed by atoms with E-state index in [1.54, 1.807) is 24.3 Å². The highest BCUT2D eigenvalue weighted by atomic mass is 32.2. The van der Waals surface area contributed by atoms with Crippen LogP contribution in [0.2, 0.25) is 0 Å². The van der Waals surface area contributed by atoms with Gasteiger partial charge >= 0.3 is 5.97 Å². The summed E-state index contributed by atoms with van der Waals surface area (Å²) >= 11 is 0. The molecule has 0 bridgehead atoms. The van der Waals surface area contributed by atoms with Crippen LogP contribution >= 0.6 is 0 Å². The van der Waals surface area contributed by atoms with Gasteiger partial charge in [-0.15, -0.1) is 0 Å². The van der Waals surface area contributed by atoms with E-state index in [1.807, 2.05) is 29.2 Å². The predicted octanol–water partition coefficient (Wildman–Crippen LogP) is 3.50. The lowest BCUT2D eigenvalue weighted by Crippen LogP contribution is -2.47. The number of rotatable bonds is 13. The van der Waals surface area contributed by atoms with Crippen LogP contribution in [0.15, 0.2) is 53.4 Å². The van der Waals surface area contributed by atoms with Gasteiger partial charge in [0.05, 0.1) is 17.4 Å². The van der Waals surface area contributed by atoms with E-state index in [9.17, 15) is 18.3 Å². The average Bonchev–Trinajstić information content (AvgIpc) is 3.05. The van der Waals surface area contributed by atoms with Gasteiger partial charge in [0, 0.05) is 19.6 Å². The molecule has 7 N–H and O–H groups in total. The number of aliphatic carboxylic acids is 1. The fourth-order valence-electron chi connectivity index (χ4n) is 5.32. The minimum Gasteiger partial charge on any atom is -0.494 e. The van der Waals surface area contributed by atoms with Crippen molar-refractivity contribution in [2.75, 3.05) is 39.4 Å². The third-order valence-electron chi connectivity index (χ3n) is 7.72. The molecule has 4 rings (SSSR count). The molecule has 43 heavy (non-hydrogen) atoms. The molecule has 2 saturated heterocycles. The Morgan fingerprint density at radius 2 is 1.47 bits per heavy atom. The van der Waals surface area contributed by atoms with Crippen LogP contribution in [-0.4, -0.2) is 84.5 Å². The first kappa shape index (κ1) is 36.4. The van der Waals surface area contributed by atoms with E-state index in [1.165, 1.54) is 19.3 Å². The van der Waals surface area contributed by atoms with E-state index in [2.05, 4.69) is 23.6 Å². The highest BCUT2D eigenvalue weighted by molar-refractivity contribution is 7.92. The van der Waals surface area contributed by atoms with E-state index in [0.29, 0.717) is 38.5 Å². The van der Waals surface area contributed by atoms with Crippen molar-refractivity contribution in [3.8, 4) is 11.5 Å². The monoisotopic (exact) mass is 624 g/mol. The molecule has 2 atom stereocenters. The molecule has 12 nitrogen and oxygen atoms in total. The maximum atomic E-state index is 13.7. The summed E-state index contributed by atoms with van der Waals surface area (Å²) in [5.74, 6) is 6.80. The summed E-state index contributed by atoms with van der Waals surface area (Å²) in [6.45, 7) is 7.33. The van der Waals surface area contributed by atoms with Crippen molar-refractivity contribution in [2.45, 2.75) is 68.7 Å². The number of ether oxygens (including phenoxy) is 2. The number of benzene rings is 2. The average molecular weight is 625 g/mol. The Bertz CT molecular complexity index is 1160. The van der Waals surface area contributed by atoms with E-state index < -0.39 is 27.1 Å². The van der Waals surface area contributed by atoms with Crippen LogP contribution in [0.1, 0.15) is 57.4 Å². The van der Waals surface area contributed by atoms with Gasteiger partial charge in [0.15, 0.2) is 9.84 Å². The molecule has 0 aliphatic carbocycles. The van der Waals surface area contributed by atoms with Crippen molar-refractivity contribution in [2.24, 2.45) is 17.7 Å². The molecule has 2 aliphatic heterocycles. The lowest BCUT2D eigenvalue weighted by molar-refractivity contribution is -0.143. The molecule has 13 heteroatoms. The normalized spacial score (nSPS) is 19.3. The standard InChI is InChI=1S/C30H42N2O6S.2H3NO/c1-2-3-20-37-27-11-13-28(14-12-27)39(35,36)29-22-25(30(33)34)15-18-32(29)23-24-7-9-26(10-8-24)38-21-19-31-16-5-4-6-17-31;2*1-2/h7-14,25,29H,2-6,15-23H2,1H3,(H,33,34);2*2H,1H2. The van der Waals surface area contributed by atoms with Crippen LogP contribution in [0.4, 0.5) is 0 Å². The predicted molar refractivity (Wildman–Crippen MR) is 163 cm³/mol. The number of carboxylic acids is 1. The minimum absolute atomic E-state index is 0.0596. The number of carboxylic acid groups (broad SMARTS) is 1. The molecular weight excluding hydrogens is 576 g/mol. The van der Waals surface area contributed by atoms with Crippen molar-refractivity contribution >= 4 is 15.8 Å². The van der Waals surface area contributed by atoms with Crippen molar-refractivity contribution in [3.05, 3.63) is 54.1 Å². The van der Waals surface area contributed by atoms with Gasteiger partial charge in [-0.2, -0.15) is 0 Å². The molecule has 2 unspecified atom stereocenters. The quantitative estimate of drug-likeness (QED) is 0.161. The highest BCUT2D eigenvalue weighted by Gasteiger charge is 2.40. The fraction of sp³-hybridized carbons (Fsp3) is 0.567. The number of unbranched alkanes of at least 4 members (excludes halogenated alkanes) is 1. The van der Waals surface area contributed by atoms with Gasteiger partial charge in [-0.25, -0.2) is 20.2 Å². The first-order valence-corrected chi connectivity index (χ1v) is 16.3. The van der Waals surface area contributed by atoms with Crippen LogP contribution in [0.5, 0.6) is 11.5 Å². The zero-order valence-electron chi connectivity index (χ0n) is 25.0. The Balaban J connectivity index is 0.00000155. The second-order valence-electron chi connectivity index (χ2n) is 10.6. The lowest BCUT2D eigenvalue weighted by Gasteiger charge is -2.37. The Labute approximate surface area is 255 Å². The summed E-state index contributed by atoms with van der Waals surface area (Å²) < 4.78 is 39.1. The van der Waals surface area contributed by atoms with Crippen LogP contribution in [0.3, 0.4) is 0 Å². The van der Waals surface area contributed by atoms with Crippen molar-refractivity contribution in [1.29, 1.82) is 0 Å². The zero-order valence-corrected chi connectivity index (χ0v) is 25.8. The highest BCUT2D eigenvalue weighted by Crippen LogP contribution is 2.32. The minimum atomic E-state index is -3.79. The van der Waals surface area contributed by atoms with Gasteiger partial charge in [0.25, 0.3) is 0 Å². The molecular formula is C30H48N4O8S. The summed E-state index contributed by atoms with van der Waals surface area (Å²) in [6.07, 6.45) is 6.26. The molecule has 0 radical (unpaired) electrons. The molecule has 2 aliphatic rings. The van der Waals surface area contributed by atoms with Gasteiger partial charge in [-0.05, 0) is 87.2 Å². The SMILES string of the molecule is CCCCOc1ccc(S(=O)(=O)C2CC(C(=O)O)CCN2Cc2ccc(OCCN3CCCCC3)cc2)cc1.NO.NO.